The van der Waals surface area contributed by atoms with E-state index in [9.17, 15) is 4.79 Å². The fourth-order valence-corrected chi connectivity index (χ4v) is 2.62. The van der Waals surface area contributed by atoms with Gasteiger partial charge in [0, 0.05) is 16.9 Å². The summed E-state index contributed by atoms with van der Waals surface area (Å²) in [4.78, 5) is 14.3. The van der Waals surface area contributed by atoms with Crippen LogP contribution in [0.15, 0.2) is 36.4 Å². The molecule has 0 atom stereocenters. The molecule has 0 aromatic heterocycles. The molecule has 3 heteroatoms. The van der Waals surface area contributed by atoms with Gasteiger partial charge in [0.2, 0.25) is 0 Å². The van der Waals surface area contributed by atoms with Gasteiger partial charge in [-0.05, 0) is 43.2 Å². The van der Waals surface area contributed by atoms with E-state index in [0.29, 0.717) is 12.2 Å². The normalized spacial score (nSPS) is 13.8. The Hall–Kier alpha value is -2.29. The number of aryl methyl sites for hydroxylation is 2. The second kappa shape index (κ2) is 4.12. The molecule has 0 unspecified atom stereocenters. The molecule has 0 fully saturated rings. The first-order valence-electron chi connectivity index (χ1n) is 6.34. The highest BCUT2D eigenvalue weighted by molar-refractivity contribution is 6.10. The van der Waals surface area contributed by atoms with Gasteiger partial charge in [-0.3, -0.25) is 4.79 Å². The first kappa shape index (κ1) is 11.8. The van der Waals surface area contributed by atoms with Crippen LogP contribution >= 0.6 is 0 Å². The van der Waals surface area contributed by atoms with Crippen molar-refractivity contribution in [2.45, 2.75) is 20.4 Å². The fraction of sp³-hybridized carbons (Fsp3) is 0.188. The molecule has 1 amide bonds. The van der Waals surface area contributed by atoms with Crippen molar-refractivity contribution in [3.63, 3.8) is 0 Å². The minimum absolute atomic E-state index is 0.0363. The summed E-state index contributed by atoms with van der Waals surface area (Å²) in [6.07, 6.45) is 0. The van der Waals surface area contributed by atoms with E-state index in [-0.39, 0.29) is 5.91 Å². The van der Waals surface area contributed by atoms with Crippen LogP contribution in [0.4, 0.5) is 11.4 Å². The Kier molecular flexibility index (Phi) is 2.56. The zero-order valence-corrected chi connectivity index (χ0v) is 11.1. The van der Waals surface area contributed by atoms with Crippen LogP contribution in [0.1, 0.15) is 27.0 Å². The van der Waals surface area contributed by atoms with Crippen molar-refractivity contribution in [1.82, 2.24) is 0 Å². The van der Waals surface area contributed by atoms with Crippen LogP contribution in [0, 0.1) is 13.8 Å². The number of rotatable bonds is 1. The van der Waals surface area contributed by atoms with Crippen LogP contribution in [0.3, 0.4) is 0 Å². The lowest BCUT2D eigenvalue weighted by Crippen LogP contribution is -2.23. The molecule has 96 valence electrons. The van der Waals surface area contributed by atoms with Gasteiger partial charge in [-0.25, -0.2) is 0 Å². The third-order valence-electron chi connectivity index (χ3n) is 3.58. The lowest BCUT2D eigenvalue weighted by atomic mass is 10.1. The number of nitrogens with zero attached hydrogens (tertiary/aromatic N) is 1. The van der Waals surface area contributed by atoms with Gasteiger partial charge in [-0.2, -0.15) is 0 Å². The van der Waals surface area contributed by atoms with E-state index in [2.05, 4.69) is 13.0 Å². The molecular formula is C16H16N2O. The average Bonchev–Trinajstić information content (AvgIpc) is 2.67. The number of nitrogens with two attached hydrogens (primary N) is 1. The molecule has 1 heterocycles. The number of anilines is 2. The molecule has 0 saturated carbocycles. The zero-order chi connectivity index (χ0) is 13.6. The van der Waals surface area contributed by atoms with E-state index in [4.69, 9.17) is 5.73 Å². The maximum absolute atomic E-state index is 12.5. The minimum Gasteiger partial charge on any atom is -0.399 e. The number of carbonyl (C=O) groups is 1. The number of benzene rings is 2. The van der Waals surface area contributed by atoms with E-state index < -0.39 is 0 Å². The first-order chi connectivity index (χ1) is 9.06. The third-order valence-corrected chi connectivity index (χ3v) is 3.58. The molecule has 2 aromatic rings. The predicted molar refractivity (Wildman–Crippen MR) is 77.3 cm³/mol. The monoisotopic (exact) mass is 252 g/mol. The molecular weight excluding hydrogens is 236 g/mol. The minimum atomic E-state index is 0.0363. The van der Waals surface area contributed by atoms with E-state index in [1.54, 1.807) is 6.07 Å². The van der Waals surface area contributed by atoms with Crippen LogP contribution in [-0.4, -0.2) is 5.91 Å². The highest BCUT2D eigenvalue weighted by atomic mass is 16.2. The topological polar surface area (TPSA) is 46.3 Å². The van der Waals surface area contributed by atoms with Gasteiger partial charge in [0.05, 0.1) is 6.54 Å². The quantitative estimate of drug-likeness (QED) is 0.793. The van der Waals surface area contributed by atoms with Crippen LogP contribution in [0.25, 0.3) is 0 Å². The lowest BCUT2D eigenvalue weighted by Gasteiger charge is -2.18. The van der Waals surface area contributed by atoms with Crippen LogP contribution in [0.5, 0.6) is 0 Å². The molecule has 2 aromatic carbocycles. The summed E-state index contributed by atoms with van der Waals surface area (Å²) in [7, 11) is 0. The van der Waals surface area contributed by atoms with E-state index >= 15 is 0 Å². The SMILES string of the molecule is Cc1ccc(N2Cc3ccc(N)cc3C2=O)c(C)c1. The molecule has 1 aliphatic rings. The van der Waals surface area contributed by atoms with Gasteiger partial charge in [-0.1, -0.05) is 23.8 Å². The van der Waals surface area contributed by atoms with Crippen molar-refractivity contribution in [3.8, 4) is 0 Å². The standard InChI is InChI=1S/C16H16N2O/c1-10-3-6-15(11(2)7-10)18-9-12-4-5-13(17)8-14(12)16(18)19/h3-8H,9,17H2,1-2H3. The summed E-state index contributed by atoms with van der Waals surface area (Å²) in [6, 6.07) is 11.7. The molecule has 0 spiro atoms. The number of carbonyl (C=O) groups excluding carboxylic acids is 1. The Labute approximate surface area is 112 Å². The Morgan fingerprint density at radius 1 is 1.11 bits per heavy atom. The van der Waals surface area contributed by atoms with E-state index in [1.165, 1.54) is 5.56 Å². The molecule has 2 N–H and O–H groups in total. The first-order valence-corrected chi connectivity index (χ1v) is 6.34. The highest BCUT2D eigenvalue weighted by Crippen LogP contribution is 2.31. The molecule has 3 rings (SSSR count). The van der Waals surface area contributed by atoms with Gasteiger partial charge < -0.3 is 10.6 Å². The van der Waals surface area contributed by atoms with Gasteiger partial charge in [0.15, 0.2) is 0 Å². The summed E-state index contributed by atoms with van der Waals surface area (Å²) in [5, 5.41) is 0. The number of hydrogen-bond donors (Lipinski definition) is 1. The van der Waals surface area contributed by atoms with Crippen LogP contribution in [0.2, 0.25) is 0 Å². The Morgan fingerprint density at radius 2 is 1.89 bits per heavy atom. The molecule has 19 heavy (non-hydrogen) atoms. The lowest BCUT2D eigenvalue weighted by molar-refractivity contribution is 0.0996. The number of nitrogen functional groups attached to an aromatic ring is 1. The molecule has 0 bridgehead atoms. The summed E-state index contributed by atoms with van der Waals surface area (Å²) in [6.45, 7) is 4.71. The van der Waals surface area contributed by atoms with Gasteiger partial charge in [0.25, 0.3) is 5.91 Å². The number of fused-ring (bicyclic) bond motifs is 1. The second-order valence-electron chi connectivity index (χ2n) is 5.10. The molecule has 1 aliphatic heterocycles. The largest absolute Gasteiger partial charge is 0.399 e. The van der Waals surface area contributed by atoms with Crippen molar-refractivity contribution >= 4 is 17.3 Å². The van der Waals surface area contributed by atoms with E-state index in [0.717, 1.165) is 22.4 Å². The van der Waals surface area contributed by atoms with Crippen LogP contribution < -0.4 is 10.6 Å². The zero-order valence-electron chi connectivity index (χ0n) is 11.1. The number of amides is 1. The molecule has 3 nitrogen and oxygen atoms in total. The van der Waals surface area contributed by atoms with Crippen molar-refractivity contribution in [2.75, 3.05) is 10.6 Å². The Morgan fingerprint density at radius 3 is 2.63 bits per heavy atom. The molecule has 0 aliphatic carbocycles. The maximum atomic E-state index is 12.5. The summed E-state index contributed by atoms with van der Waals surface area (Å²) in [5.41, 5.74) is 11.5. The third kappa shape index (κ3) is 1.87. The van der Waals surface area contributed by atoms with Crippen molar-refractivity contribution in [1.29, 1.82) is 0 Å². The fourth-order valence-electron chi connectivity index (χ4n) is 2.62. The van der Waals surface area contributed by atoms with Gasteiger partial charge >= 0.3 is 0 Å². The van der Waals surface area contributed by atoms with E-state index in [1.807, 2.05) is 36.1 Å². The smallest absolute Gasteiger partial charge is 0.259 e. The Balaban J connectivity index is 2.04. The van der Waals surface area contributed by atoms with Crippen molar-refractivity contribution in [3.05, 3.63) is 58.7 Å². The van der Waals surface area contributed by atoms with Gasteiger partial charge in [-0.15, -0.1) is 0 Å². The molecule has 0 saturated heterocycles. The van der Waals surface area contributed by atoms with Gasteiger partial charge in [0.1, 0.15) is 0 Å². The molecule has 0 radical (unpaired) electrons. The maximum Gasteiger partial charge on any atom is 0.259 e. The van der Waals surface area contributed by atoms with Crippen molar-refractivity contribution < 1.29 is 4.79 Å². The highest BCUT2D eigenvalue weighted by Gasteiger charge is 2.29. The summed E-state index contributed by atoms with van der Waals surface area (Å²) >= 11 is 0. The number of hydrogen-bond acceptors (Lipinski definition) is 2. The van der Waals surface area contributed by atoms with Crippen LogP contribution in [-0.2, 0) is 6.54 Å². The predicted octanol–water partition coefficient (Wildman–Crippen LogP) is 3.05. The summed E-state index contributed by atoms with van der Waals surface area (Å²) in [5.74, 6) is 0.0363. The van der Waals surface area contributed by atoms with Crippen molar-refractivity contribution in [2.24, 2.45) is 0 Å². The average molecular weight is 252 g/mol. The second-order valence-corrected chi connectivity index (χ2v) is 5.10. The Bertz CT molecular complexity index is 676. The summed E-state index contributed by atoms with van der Waals surface area (Å²) < 4.78 is 0.